The Bertz CT molecular complexity index is 1530. The third-order valence-electron chi connectivity index (χ3n) is 6.67. The number of ether oxygens (including phenoxy) is 1. The second kappa shape index (κ2) is 6.55. The normalized spacial score (nSPS) is 12.5. The zero-order chi connectivity index (χ0) is 21.3. The van der Waals surface area contributed by atoms with E-state index in [0.717, 1.165) is 17.9 Å². The summed E-state index contributed by atoms with van der Waals surface area (Å²) in [4.78, 5) is 0. The Morgan fingerprint density at radius 2 is 1.65 bits per heavy atom. The van der Waals surface area contributed by atoms with Gasteiger partial charge in [0.1, 0.15) is 12.8 Å². The van der Waals surface area contributed by atoms with Crippen molar-refractivity contribution in [1.29, 1.82) is 0 Å². The highest BCUT2D eigenvalue weighted by atomic mass is 16.5. The van der Waals surface area contributed by atoms with Crippen LogP contribution in [0.2, 0.25) is 0 Å². The van der Waals surface area contributed by atoms with Crippen molar-refractivity contribution in [2.24, 2.45) is 13.0 Å². The maximum Gasteiger partial charge on any atom is 0.256 e. The highest BCUT2D eigenvalue weighted by molar-refractivity contribution is 6.06. The van der Waals surface area contributed by atoms with Gasteiger partial charge in [0.25, 0.3) is 5.69 Å². The molecule has 6 rings (SSSR count). The van der Waals surface area contributed by atoms with Crippen LogP contribution in [0.25, 0.3) is 43.7 Å². The summed E-state index contributed by atoms with van der Waals surface area (Å²) < 4.78 is 8.89. The first-order valence-corrected chi connectivity index (χ1v) is 11.1. The first-order chi connectivity index (χ1) is 15.0. The lowest BCUT2D eigenvalue weighted by Gasteiger charge is -2.22. The van der Waals surface area contributed by atoms with E-state index >= 15 is 0 Å². The van der Waals surface area contributed by atoms with Crippen LogP contribution >= 0.6 is 0 Å². The molecule has 1 aromatic heterocycles. The maximum atomic E-state index is 6.54. The van der Waals surface area contributed by atoms with Gasteiger partial charge in [-0.15, -0.1) is 0 Å². The molecule has 0 fully saturated rings. The standard InChI is InChI=1S/C29H26NO/c1-17(2)14-22-21-10-6-5-8-20(21)15-24-23(22)16-26-29(30(24)4)27-18(3)12-13-19-9-7-11-25(31-26)28(19)27/h5-13,15-17H,14H2,1-4H3/q+1. The molecule has 0 N–H and O–H groups in total. The molecule has 152 valence electrons. The van der Waals surface area contributed by atoms with Crippen LogP contribution in [0, 0.1) is 12.8 Å². The molecule has 0 saturated heterocycles. The molecule has 0 amide bonds. The van der Waals surface area contributed by atoms with Crippen molar-refractivity contribution in [2.45, 2.75) is 27.2 Å². The molecule has 5 aromatic rings. The molecular formula is C29H26NO+. The van der Waals surface area contributed by atoms with Crippen molar-refractivity contribution in [3.05, 3.63) is 77.9 Å². The lowest BCUT2D eigenvalue weighted by Crippen LogP contribution is -2.34. The number of pyridine rings is 1. The van der Waals surface area contributed by atoms with Gasteiger partial charge in [0.15, 0.2) is 5.75 Å². The Kier molecular flexibility index (Phi) is 3.89. The van der Waals surface area contributed by atoms with Gasteiger partial charge in [-0.1, -0.05) is 62.4 Å². The maximum absolute atomic E-state index is 6.54. The van der Waals surface area contributed by atoms with E-state index in [1.165, 1.54) is 54.8 Å². The molecule has 0 radical (unpaired) electrons. The summed E-state index contributed by atoms with van der Waals surface area (Å²) >= 11 is 0. The van der Waals surface area contributed by atoms with Gasteiger partial charge >= 0.3 is 0 Å². The third kappa shape index (κ3) is 2.61. The third-order valence-corrected chi connectivity index (χ3v) is 6.67. The monoisotopic (exact) mass is 404 g/mol. The first kappa shape index (κ1) is 18.4. The molecule has 2 heteroatoms. The van der Waals surface area contributed by atoms with E-state index in [4.69, 9.17) is 4.74 Å². The smallest absolute Gasteiger partial charge is 0.256 e. The van der Waals surface area contributed by atoms with Crippen LogP contribution in [-0.2, 0) is 13.5 Å². The largest absolute Gasteiger partial charge is 0.450 e. The molecule has 0 atom stereocenters. The van der Waals surface area contributed by atoms with Crippen LogP contribution in [0.3, 0.4) is 0 Å². The number of fused-ring (bicyclic) bond motifs is 4. The van der Waals surface area contributed by atoms with Gasteiger partial charge in [0.2, 0.25) is 5.52 Å². The number of hydrogen-bond acceptors (Lipinski definition) is 1. The Labute approximate surface area is 182 Å². The van der Waals surface area contributed by atoms with Crippen molar-refractivity contribution in [2.75, 3.05) is 0 Å². The van der Waals surface area contributed by atoms with Gasteiger partial charge < -0.3 is 4.74 Å². The minimum absolute atomic E-state index is 0.577. The molecule has 1 aliphatic heterocycles. The van der Waals surface area contributed by atoms with E-state index in [1.807, 2.05) is 0 Å². The first-order valence-electron chi connectivity index (χ1n) is 11.1. The minimum atomic E-state index is 0.577. The summed E-state index contributed by atoms with van der Waals surface area (Å²) in [5, 5.41) is 6.38. The van der Waals surface area contributed by atoms with E-state index in [9.17, 15) is 0 Å². The second-order valence-corrected chi connectivity index (χ2v) is 9.24. The van der Waals surface area contributed by atoms with E-state index in [2.05, 4.69) is 99.1 Å². The predicted molar refractivity (Wildman–Crippen MR) is 129 cm³/mol. The Balaban J connectivity index is 1.78. The average Bonchev–Trinajstić information content (AvgIpc) is 2.76. The topological polar surface area (TPSA) is 13.1 Å². The van der Waals surface area contributed by atoms with Crippen LogP contribution in [0.15, 0.2) is 66.7 Å². The van der Waals surface area contributed by atoms with Gasteiger partial charge in [-0.25, -0.2) is 0 Å². The van der Waals surface area contributed by atoms with Crippen LogP contribution in [0.4, 0.5) is 0 Å². The molecule has 1 aliphatic rings. The molecule has 0 bridgehead atoms. The average molecular weight is 405 g/mol. The highest BCUT2D eigenvalue weighted by Crippen LogP contribution is 2.47. The van der Waals surface area contributed by atoms with Crippen molar-refractivity contribution < 1.29 is 9.30 Å². The van der Waals surface area contributed by atoms with Crippen LogP contribution < -0.4 is 9.30 Å². The molecule has 0 spiro atoms. The second-order valence-electron chi connectivity index (χ2n) is 9.24. The quantitative estimate of drug-likeness (QED) is 0.219. The lowest BCUT2D eigenvalue weighted by molar-refractivity contribution is -0.633. The molecule has 31 heavy (non-hydrogen) atoms. The zero-order valence-corrected chi connectivity index (χ0v) is 18.5. The van der Waals surface area contributed by atoms with Gasteiger partial charge in [0, 0.05) is 17.5 Å². The molecule has 2 heterocycles. The van der Waals surface area contributed by atoms with E-state index in [0.29, 0.717) is 5.92 Å². The summed E-state index contributed by atoms with van der Waals surface area (Å²) in [5.74, 6) is 2.48. The number of hydrogen-bond donors (Lipinski definition) is 0. The van der Waals surface area contributed by atoms with Crippen molar-refractivity contribution in [3.63, 3.8) is 0 Å². The fourth-order valence-corrected chi connectivity index (χ4v) is 5.30. The van der Waals surface area contributed by atoms with Crippen molar-refractivity contribution in [1.82, 2.24) is 0 Å². The molecule has 0 aliphatic carbocycles. The summed E-state index contributed by atoms with van der Waals surface area (Å²) in [6.07, 6.45) is 1.04. The molecular weight excluding hydrogens is 378 g/mol. The van der Waals surface area contributed by atoms with E-state index < -0.39 is 0 Å². The minimum Gasteiger partial charge on any atom is -0.450 e. The Morgan fingerprint density at radius 1 is 0.839 bits per heavy atom. The number of aryl methyl sites for hydroxylation is 2. The fraction of sp³-hybridized carbons (Fsp3) is 0.207. The zero-order valence-electron chi connectivity index (χ0n) is 18.5. The fourth-order valence-electron chi connectivity index (χ4n) is 5.30. The molecule has 0 unspecified atom stereocenters. The van der Waals surface area contributed by atoms with Gasteiger partial charge in [0.05, 0.1) is 10.9 Å². The number of benzene rings is 4. The molecule has 4 aromatic carbocycles. The van der Waals surface area contributed by atoms with Crippen LogP contribution in [0.1, 0.15) is 25.0 Å². The summed E-state index contributed by atoms with van der Waals surface area (Å²) in [5.41, 5.74) is 6.41. The lowest BCUT2D eigenvalue weighted by atomic mass is 9.90. The van der Waals surface area contributed by atoms with E-state index in [-0.39, 0.29) is 0 Å². The van der Waals surface area contributed by atoms with Gasteiger partial charge in [-0.3, -0.25) is 0 Å². The molecule has 0 saturated carbocycles. The SMILES string of the molecule is Cc1ccc2cccc3c2c1-c1c(cc2c(CC(C)C)c4ccccc4cc2[n+]1C)O3. The Hall–Kier alpha value is -3.39. The highest BCUT2D eigenvalue weighted by Gasteiger charge is 2.31. The predicted octanol–water partition coefficient (Wildman–Crippen LogP) is 7.25. The molecule has 2 nitrogen and oxygen atoms in total. The van der Waals surface area contributed by atoms with Crippen molar-refractivity contribution in [3.8, 4) is 22.8 Å². The number of rotatable bonds is 2. The Morgan fingerprint density at radius 3 is 2.48 bits per heavy atom. The summed E-state index contributed by atoms with van der Waals surface area (Å²) in [7, 11) is 2.19. The van der Waals surface area contributed by atoms with E-state index in [1.54, 1.807) is 0 Å². The van der Waals surface area contributed by atoms with Gasteiger partial charge in [-0.2, -0.15) is 4.57 Å². The summed E-state index contributed by atoms with van der Waals surface area (Å²) in [6, 6.07) is 24.2. The van der Waals surface area contributed by atoms with Crippen LogP contribution in [0.5, 0.6) is 11.5 Å². The number of nitrogens with zero attached hydrogens (tertiary/aromatic N) is 1. The number of aromatic nitrogens is 1. The van der Waals surface area contributed by atoms with Crippen LogP contribution in [-0.4, -0.2) is 0 Å². The van der Waals surface area contributed by atoms with Gasteiger partial charge in [-0.05, 0) is 52.6 Å². The van der Waals surface area contributed by atoms with Crippen molar-refractivity contribution >= 4 is 32.4 Å². The summed E-state index contributed by atoms with van der Waals surface area (Å²) in [6.45, 7) is 6.79.